The van der Waals surface area contributed by atoms with E-state index in [-0.39, 0.29) is 12.0 Å². The zero-order chi connectivity index (χ0) is 14.4. The van der Waals surface area contributed by atoms with Crippen molar-refractivity contribution in [3.8, 4) is 5.75 Å². The second-order valence-electron chi connectivity index (χ2n) is 4.73. The zero-order valence-corrected chi connectivity index (χ0v) is 12.7. The van der Waals surface area contributed by atoms with E-state index in [9.17, 15) is 4.79 Å². The number of carbonyl (C=O) groups excluding carboxylic acids is 1. The van der Waals surface area contributed by atoms with Gasteiger partial charge in [-0.3, -0.25) is 0 Å². The lowest BCUT2D eigenvalue weighted by molar-refractivity contribution is -0.145. The summed E-state index contributed by atoms with van der Waals surface area (Å²) in [6.45, 7) is 2.25. The fraction of sp³-hybridized carbons (Fsp3) is 0.533. The van der Waals surface area contributed by atoms with Crippen LogP contribution in [0.4, 0.5) is 5.69 Å². The van der Waals surface area contributed by atoms with E-state index in [4.69, 9.17) is 9.47 Å². The number of nitrogens with one attached hydrogen (secondary N) is 1. The topological polar surface area (TPSA) is 47.6 Å². The molecule has 1 N–H and O–H groups in total. The largest absolute Gasteiger partial charge is 0.497 e. The van der Waals surface area contributed by atoms with Crippen molar-refractivity contribution in [1.29, 1.82) is 0 Å². The van der Waals surface area contributed by atoms with Crippen molar-refractivity contribution in [1.82, 2.24) is 0 Å². The average molecular weight is 295 g/mol. The molecule has 0 bridgehead atoms. The molecule has 1 saturated heterocycles. The molecule has 0 radical (unpaired) electrons. The van der Waals surface area contributed by atoms with Gasteiger partial charge in [0.25, 0.3) is 0 Å². The molecule has 1 aromatic carbocycles. The number of hydrogen-bond acceptors (Lipinski definition) is 5. The Morgan fingerprint density at radius 2 is 2.40 bits per heavy atom. The van der Waals surface area contributed by atoms with Crippen LogP contribution in [0.25, 0.3) is 0 Å². The molecule has 110 valence electrons. The first kappa shape index (κ1) is 15.0. The zero-order valence-electron chi connectivity index (χ0n) is 11.9. The number of benzene rings is 1. The fourth-order valence-corrected chi connectivity index (χ4v) is 3.61. The molecular formula is C15H21NO3S. The van der Waals surface area contributed by atoms with Crippen LogP contribution in [0.5, 0.6) is 5.75 Å². The highest BCUT2D eigenvalue weighted by atomic mass is 32.2. The highest BCUT2D eigenvalue weighted by Gasteiger charge is 2.32. The van der Waals surface area contributed by atoms with Gasteiger partial charge in [-0.25, -0.2) is 4.79 Å². The van der Waals surface area contributed by atoms with Crippen molar-refractivity contribution in [3.63, 3.8) is 0 Å². The predicted octanol–water partition coefficient (Wildman–Crippen LogP) is 2.79. The molecular weight excluding hydrogens is 274 g/mol. The molecule has 1 aliphatic heterocycles. The molecule has 1 aliphatic rings. The molecule has 1 aromatic rings. The normalized spacial score (nSPS) is 19.4. The third-order valence-electron chi connectivity index (χ3n) is 3.37. The smallest absolute Gasteiger partial charge is 0.328 e. The molecule has 1 fully saturated rings. The van der Waals surface area contributed by atoms with Gasteiger partial charge in [-0.05, 0) is 42.9 Å². The molecule has 5 heteroatoms. The molecule has 1 heterocycles. The number of carbonyl (C=O) groups is 1. The van der Waals surface area contributed by atoms with Crippen molar-refractivity contribution in [2.75, 3.05) is 30.5 Å². The van der Waals surface area contributed by atoms with E-state index >= 15 is 0 Å². The summed E-state index contributed by atoms with van der Waals surface area (Å²) in [4.78, 5) is 12.2. The highest BCUT2D eigenvalue weighted by Crippen LogP contribution is 2.29. The van der Waals surface area contributed by atoms with Crippen molar-refractivity contribution in [3.05, 3.63) is 24.3 Å². The van der Waals surface area contributed by atoms with Gasteiger partial charge in [-0.2, -0.15) is 11.8 Å². The van der Waals surface area contributed by atoms with Gasteiger partial charge in [0, 0.05) is 11.8 Å². The minimum atomic E-state index is -0.281. The van der Waals surface area contributed by atoms with Crippen molar-refractivity contribution >= 4 is 23.4 Å². The molecule has 2 unspecified atom stereocenters. The lowest BCUT2D eigenvalue weighted by Crippen LogP contribution is -2.38. The van der Waals surface area contributed by atoms with Crippen molar-refractivity contribution < 1.29 is 14.3 Å². The Hall–Kier alpha value is -1.36. The minimum Gasteiger partial charge on any atom is -0.497 e. The maximum atomic E-state index is 12.2. The van der Waals surface area contributed by atoms with Gasteiger partial charge in [-0.1, -0.05) is 6.07 Å². The number of rotatable bonds is 6. The van der Waals surface area contributed by atoms with Crippen LogP contribution in [0, 0.1) is 5.92 Å². The summed E-state index contributed by atoms with van der Waals surface area (Å²) in [5, 5.41) is 3.31. The van der Waals surface area contributed by atoms with Gasteiger partial charge in [0.2, 0.25) is 0 Å². The fourth-order valence-electron chi connectivity index (χ4n) is 2.31. The predicted molar refractivity (Wildman–Crippen MR) is 82.5 cm³/mol. The summed E-state index contributed by atoms with van der Waals surface area (Å²) in [6, 6.07) is 7.35. The van der Waals surface area contributed by atoms with E-state index in [0.717, 1.165) is 29.4 Å². The van der Waals surface area contributed by atoms with E-state index in [1.165, 1.54) is 0 Å². The molecule has 0 amide bonds. The maximum absolute atomic E-state index is 12.2. The maximum Gasteiger partial charge on any atom is 0.328 e. The van der Waals surface area contributed by atoms with E-state index in [1.54, 1.807) is 7.11 Å². The summed E-state index contributed by atoms with van der Waals surface area (Å²) in [5.74, 6) is 3.05. The van der Waals surface area contributed by atoms with Crippen LogP contribution in [0.1, 0.15) is 13.3 Å². The van der Waals surface area contributed by atoms with Crippen LogP contribution in [0.15, 0.2) is 24.3 Å². The Labute approximate surface area is 124 Å². The average Bonchev–Trinajstić information content (AvgIpc) is 2.99. The summed E-state index contributed by atoms with van der Waals surface area (Å²) >= 11 is 1.89. The standard InChI is InChI=1S/C15H21NO3S/c1-3-19-15(17)14(11-7-8-20-10-11)16-12-5-4-6-13(9-12)18-2/h4-6,9,11,14,16H,3,7-8,10H2,1-2H3. The van der Waals surface area contributed by atoms with Crippen molar-refractivity contribution in [2.45, 2.75) is 19.4 Å². The van der Waals surface area contributed by atoms with Crippen molar-refractivity contribution in [2.24, 2.45) is 5.92 Å². The number of methoxy groups -OCH3 is 1. The summed E-state index contributed by atoms with van der Waals surface area (Å²) in [5.41, 5.74) is 0.888. The van der Waals surface area contributed by atoms with Crippen LogP contribution in [0.2, 0.25) is 0 Å². The van der Waals surface area contributed by atoms with E-state index < -0.39 is 0 Å². The second kappa shape index (κ2) is 7.43. The Morgan fingerprint density at radius 1 is 1.55 bits per heavy atom. The molecule has 2 rings (SSSR count). The van der Waals surface area contributed by atoms with Gasteiger partial charge >= 0.3 is 5.97 Å². The van der Waals surface area contributed by atoms with Gasteiger partial charge in [-0.15, -0.1) is 0 Å². The minimum absolute atomic E-state index is 0.164. The summed E-state index contributed by atoms with van der Waals surface area (Å²) in [7, 11) is 1.63. The number of anilines is 1. The summed E-state index contributed by atoms with van der Waals surface area (Å²) < 4.78 is 10.4. The van der Waals surface area contributed by atoms with Crippen LogP contribution in [0.3, 0.4) is 0 Å². The van der Waals surface area contributed by atoms with Crippen LogP contribution < -0.4 is 10.1 Å². The van der Waals surface area contributed by atoms with Gasteiger partial charge in [0.15, 0.2) is 0 Å². The third-order valence-corrected chi connectivity index (χ3v) is 4.56. The molecule has 0 aliphatic carbocycles. The van der Waals surface area contributed by atoms with E-state index in [0.29, 0.717) is 12.5 Å². The first-order valence-corrected chi connectivity index (χ1v) is 8.05. The van der Waals surface area contributed by atoms with Crippen LogP contribution >= 0.6 is 11.8 Å². The Bertz CT molecular complexity index is 446. The number of hydrogen-bond donors (Lipinski definition) is 1. The molecule has 4 nitrogen and oxygen atoms in total. The van der Waals surface area contributed by atoms with Crippen LogP contribution in [-0.4, -0.2) is 37.2 Å². The van der Waals surface area contributed by atoms with E-state index in [1.807, 2.05) is 43.0 Å². The third kappa shape index (κ3) is 3.82. The lowest BCUT2D eigenvalue weighted by atomic mass is 9.99. The lowest BCUT2D eigenvalue weighted by Gasteiger charge is -2.23. The SMILES string of the molecule is CCOC(=O)C(Nc1cccc(OC)c1)C1CCSC1. The molecule has 2 atom stereocenters. The van der Waals surface area contributed by atoms with E-state index in [2.05, 4.69) is 5.32 Å². The number of thioether (sulfide) groups is 1. The molecule has 0 aromatic heterocycles. The first-order chi connectivity index (χ1) is 9.74. The Morgan fingerprint density at radius 3 is 3.05 bits per heavy atom. The number of esters is 1. The number of ether oxygens (including phenoxy) is 2. The summed E-state index contributed by atoms with van der Waals surface area (Å²) in [6.07, 6.45) is 1.05. The second-order valence-corrected chi connectivity index (χ2v) is 5.88. The van der Waals surface area contributed by atoms with Crippen LogP contribution in [-0.2, 0) is 9.53 Å². The quantitative estimate of drug-likeness (QED) is 0.818. The Balaban J connectivity index is 2.11. The highest BCUT2D eigenvalue weighted by molar-refractivity contribution is 7.99. The molecule has 0 saturated carbocycles. The van der Waals surface area contributed by atoms with Gasteiger partial charge < -0.3 is 14.8 Å². The first-order valence-electron chi connectivity index (χ1n) is 6.89. The van der Waals surface area contributed by atoms with Gasteiger partial charge in [0.05, 0.1) is 13.7 Å². The molecule has 20 heavy (non-hydrogen) atoms. The Kier molecular flexibility index (Phi) is 5.59. The van der Waals surface area contributed by atoms with Gasteiger partial charge in [0.1, 0.15) is 11.8 Å². The monoisotopic (exact) mass is 295 g/mol. The molecule has 0 spiro atoms.